The van der Waals surface area contributed by atoms with Crippen molar-refractivity contribution in [3.8, 4) is 11.3 Å². The highest BCUT2D eigenvalue weighted by molar-refractivity contribution is 7.14. The van der Waals surface area contributed by atoms with Crippen LogP contribution in [0.15, 0.2) is 69.3 Å². The third-order valence-electron chi connectivity index (χ3n) is 4.86. The van der Waals surface area contributed by atoms with Crippen molar-refractivity contribution in [2.45, 2.75) is 12.8 Å². The molecular weight excluding hydrogens is 436 g/mol. The summed E-state index contributed by atoms with van der Waals surface area (Å²) in [5, 5.41) is 6.76. The van der Waals surface area contributed by atoms with Gasteiger partial charge in [-0.2, -0.15) is 0 Å². The minimum atomic E-state index is -0.640. The number of halogens is 1. The van der Waals surface area contributed by atoms with E-state index in [0.717, 1.165) is 11.1 Å². The molecule has 2 heterocycles. The fraction of sp³-hybridized carbons (Fsp3) is 0.182. The quantitative estimate of drug-likeness (QED) is 0.451. The number of aromatic nitrogens is 3. The van der Waals surface area contributed by atoms with Crippen molar-refractivity contribution in [2.24, 2.45) is 5.92 Å². The topological polar surface area (TPSA) is 92.1 Å². The van der Waals surface area contributed by atoms with E-state index in [4.69, 9.17) is 11.6 Å². The third-order valence-corrected chi connectivity index (χ3v) is 6.11. The van der Waals surface area contributed by atoms with Crippen LogP contribution in [0.3, 0.4) is 0 Å². The van der Waals surface area contributed by atoms with E-state index >= 15 is 0 Å². The predicted octanol–water partition coefficient (Wildman–Crippen LogP) is 4.20. The van der Waals surface area contributed by atoms with Crippen LogP contribution in [-0.4, -0.2) is 28.1 Å². The van der Waals surface area contributed by atoms with Gasteiger partial charge in [0.25, 0.3) is 0 Å². The van der Waals surface area contributed by atoms with Crippen LogP contribution in [0, 0.1) is 5.92 Å². The van der Waals surface area contributed by atoms with Gasteiger partial charge in [0.2, 0.25) is 5.91 Å². The van der Waals surface area contributed by atoms with Gasteiger partial charge in [-0.15, -0.1) is 11.3 Å². The number of nitrogens with one attached hydrogen (secondary N) is 1. The van der Waals surface area contributed by atoms with Crippen LogP contribution in [0.5, 0.6) is 0 Å². The molecule has 1 atom stereocenters. The van der Waals surface area contributed by atoms with Gasteiger partial charge in [0.05, 0.1) is 5.69 Å². The number of hydrogen-bond donors (Lipinski definition) is 1. The molecule has 0 saturated heterocycles. The SMILES string of the molecule is CN(C(=O)C(Cc1ccccc1)Cc1noc(=O)[nH]1)c1nc(-c2ccccc2Cl)cs1. The van der Waals surface area contributed by atoms with Crippen molar-refractivity contribution >= 4 is 34.0 Å². The Morgan fingerprint density at radius 2 is 1.90 bits per heavy atom. The number of thiazole rings is 1. The van der Waals surface area contributed by atoms with Crippen LogP contribution in [-0.2, 0) is 17.6 Å². The Bertz CT molecular complexity index is 1230. The molecule has 2 aromatic carbocycles. The molecule has 0 aliphatic rings. The number of carbonyl (C=O) groups is 1. The van der Waals surface area contributed by atoms with Gasteiger partial charge in [0, 0.05) is 35.4 Å². The Kier molecular flexibility index (Phi) is 6.29. The van der Waals surface area contributed by atoms with Crippen LogP contribution < -0.4 is 10.7 Å². The van der Waals surface area contributed by atoms with E-state index in [0.29, 0.717) is 28.1 Å². The third kappa shape index (κ3) is 4.92. The first-order valence-electron chi connectivity index (χ1n) is 9.58. The van der Waals surface area contributed by atoms with Gasteiger partial charge >= 0.3 is 5.76 Å². The second kappa shape index (κ2) is 9.28. The number of hydrogen-bond acceptors (Lipinski definition) is 6. The molecule has 4 aromatic rings. The molecule has 0 aliphatic carbocycles. The standard InChI is InChI=1S/C22H19ClN4O3S/c1-27(21-24-18(13-31-21)16-9-5-6-10-17(16)23)20(28)15(11-14-7-3-2-4-8-14)12-19-25-22(29)30-26-19/h2-10,13,15H,11-12H2,1H3,(H,25,26,29). The van der Waals surface area contributed by atoms with Crippen LogP contribution in [0.25, 0.3) is 11.3 Å². The smallest absolute Gasteiger partial charge is 0.296 e. The summed E-state index contributed by atoms with van der Waals surface area (Å²) in [6.07, 6.45) is 0.730. The van der Waals surface area contributed by atoms with Crippen molar-refractivity contribution < 1.29 is 9.32 Å². The van der Waals surface area contributed by atoms with Gasteiger partial charge in [-0.3, -0.25) is 19.2 Å². The predicted molar refractivity (Wildman–Crippen MR) is 120 cm³/mol. The molecule has 2 aromatic heterocycles. The number of rotatable bonds is 7. The maximum absolute atomic E-state index is 13.4. The van der Waals surface area contributed by atoms with E-state index in [9.17, 15) is 9.59 Å². The van der Waals surface area contributed by atoms with Gasteiger partial charge in [-0.05, 0) is 18.1 Å². The van der Waals surface area contributed by atoms with E-state index in [2.05, 4.69) is 19.6 Å². The number of nitrogens with zero attached hydrogens (tertiary/aromatic N) is 3. The highest BCUT2D eigenvalue weighted by Crippen LogP contribution is 2.32. The van der Waals surface area contributed by atoms with E-state index in [1.54, 1.807) is 13.1 Å². The van der Waals surface area contributed by atoms with Crippen molar-refractivity contribution in [1.29, 1.82) is 0 Å². The van der Waals surface area contributed by atoms with Gasteiger partial charge in [-0.1, -0.05) is 65.3 Å². The highest BCUT2D eigenvalue weighted by atomic mass is 35.5. The molecule has 0 aliphatic heterocycles. The first-order chi connectivity index (χ1) is 15.0. The molecule has 31 heavy (non-hydrogen) atoms. The molecule has 0 bridgehead atoms. The molecule has 158 valence electrons. The molecule has 9 heteroatoms. The number of aromatic amines is 1. The van der Waals surface area contributed by atoms with Crippen LogP contribution in [0.1, 0.15) is 11.4 Å². The number of benzene rings is 2. The number of H-pyrrole nitrogens is 1. The highest BCUT2D eigenvalue weighted by Gasteiger charge is 2.27. The van der Waals surface area contributed by atoms with Gasteiger partial charge in [0.1, 0.15) is 0 Å². The fourth-order valence-corrected chi connectivity index (χ4v) is 4.33. The van der Waals surface area contributed by atoms with E-state index in [1.807, 2.05) is 53.9 Å². The Hall–Kier alpha value is -3.23. The largest absolute Gasteiger partial charge is 0.438 e. The molecule has 0 spiro atoms. The van der Waals surface area contributed by atoms with Crippen LogP contribution in [0.4, 0.5) is 5.13 Å². The Labute approximate surface area is 187 Å². The van der Waals surface area contributed by atoms with Crippen LogP contribution in [0.2, 0.25) is 5.02 Å². The molecule has 1 unspecified atom stereocenters. The second-order valence-corrected chi connectivity index (χ2v) is 8.27. The maximum Gasteiger partial charge on any atom is 0.438 e. The van der Waals surface area contributed by atoms with Crippen molar-refractivity contribution in [1.82, 2.24) is 15.1 Å². The lowest BCUT2D eigenvalue weighted by molar-refractivity contribution is -0.122. The van der Waals surface area contributed by atoms with Crippen molar-refractivity contribution in [3.63, 3.8) is 0 Å². The molecular formula is C22H19ClN4O3S. The van der Waals surface area contributed by atoms with Gasteiger partial charge in [-0.25, -0.2) is 9.78 Å². The average molecular weight is 455 g/mol. The minimum absolute atomic E-state index is 0.132. The lowest BCUT2D eigenvalue weighted by atomic mass is 9.94. The van der Waals surface area contributed by atoms with E-state index in [1.165, 1.54) is 16.2 Å². The number of anilines is 1. The molecule has 4 rings (SSSR count). The second-order valence-electron chi connectivity index (χ2n) is 7.02. The summed E-state index contributed by atoms with van der Waals surface area (Å²) in [5.41, 5.74) is 2.54. The summed E-state index contributed by atoms with van der Waals surface area (Å²) in [6.45, 7) is 0. The van der Waals surface area contributed by atoms with Crippen molar-refractivity contribution in [3.05, 3.63) is 86.9 Å². The summed E-state index contributed by atoms with van der Waals surface area (Å²) >= 11 is 7.65. The first kappa shape index (κ1) is 21.0. The summed E-state index contributed by atoms with van der Waals surface area (Å²) in [7, 11) is 1.70. The summed E-state index contributed by atoms with van der Waals surface area (Å²) < 4.78 is 4.60. The van der Waals surface area contributed by atoms with Gasteiger partial charge in [0.15, 0.2) is 11.0 Å². The average Bonchev–Trinajstić information content (AvgIpc) is 3.42. The fourth-order valence-electron chi connectivity index (χ4n) is 3.31. The van der Waals surface area contributed by atoms with Crippen LogP contribution >= 0.6 is 22.9 Å². The number of carbonyl (C=O) groups excluding carboxylic acids is 1. The zero-order valence-electron chi connectivity index (χ0n) is 16.6. The Morgan fingerprint density at radius 1 is 1.16 bits per heavy atom. The Morgan fingerprint density at radius 3 is 2.61 bits per heavy atom. The molecule has 1 N–H and O–H groups in total. The van der Waals surface area contributed by atoms with E-state index in [-0.39, 0.29) is 12.3 Å². The molecule has 7 nitrogen and oxygen atoms in total. The maximum atomic E-state index is 13.4. The summed E-state index contributed by atoms with van der Waals surface area (Å²) in [5.74, 6) is -0.893. The molecule has 0 radical (unpaired) electrons. The van der Waals surface area contributed by atoms with Crippen molar-refractivity contribution in [2.75, 3.05) is 11.9 Å². The first-order valence-corrected chi connectivity index (χ1v) is 10.8. The molecule has 1 amide bonds. The number of amides is 1. The zero-order valence-corrected chi connectivity index (χ0v) is 18.2. The molecule has 0 fully saturated rings. The lowest BCUT2D eigenvalue weighted by Gasteiger charge is -2.21. The monoisotopic (exact) mass is 454 g/mol. The summed E-state index contributed by atoms with van der Waals surface area (Å²) in [6, 6.07) is 17.1. The minimum Gasteiger partial charge on any atom is -0.296 e. The lowest BCUT2D eigenvalue weighted by Crippen LogP contribution is -2.35. The van der Waals surface area contributed by atoms with Gasteiger partial charge < -0.3 is 0 Å². The molecule has 0 saturated carbocycles. The Balaban J connectivity index is 1.58. The van der Waals surface area contributed by atoms with E-state index < -0.39 is 11.7 Å². The zero-order chi connectivity index (χ0) is 21.8. The normalized spacial score (nSPS) is 11.9. The summed E-state index contributed by atoms with van der Waals surface area (Å²) in [4.78, 5) is 33.4.